The first-order valence-corrected chi connectivity index (χ1v) is 6.72. The van der Waals surface area contributed by atoms with Crippen LogP contribution in [0.25, 0.3) is 0 Å². The normalized spacial score (nSPS) is 19.8. The third-order valence-corrected chi connectivity index (χ3v) is 3.44. The monoisotopic (exact) mass is 315 g/mol. The van der Waals surface area contributed by atoms with Gasteiger partial charge in [-0.05, 0) is 24.6 Å². The van der Waals surface area contributed by atoms with Gasteiger partial charge in [0, 0.05) is 5.41 Å². The second-order valence-electron chi connectivity index (χ2n) is 5.49. The number of methoxy groups -OCH3 is 1. The molecule has 1 atom stereocenters. The highest BCUT2D eigenvalue weighted by Crippen LogP contribution is 2.39. The van der Waals surface area contributed by atoms with Crippen molar-refractivity contribution in [3.63, 3.8) is 0 Å². The van der Waals surface area contributed by atoms with Gasteiger partial charge in [0.1, 0.15) is 6.61 Å². The van der Waals surface area contributed by atoms with E-state index in [0.717, 1.165) is 5.56 Å². The second-order valence-corrected chi connectivity index (χ2v) is 5.49. The van der Waals surface area contributed by atoms with E-state index in [2.05, 4.69) is 19.2 Å². The van der Waals surface area contributed by atoms with E-state index in [0.29, 0.717) is 24.7 Å². The van der Waals surface area contributed by atoms with E-state index in [1.54, 1.807) is 7.11 Å². The highest BCUT2D eigenvalue weighted by Gasteiger charge is 2.38. The van der Waals surface area contributed by atoms with Crippen LogP contribution < -0.4 is 14.8 Å². The number of halogens is 1. The minimum Gasteiger partial charge on any atom is -0.493 e. The number of amides is 1. The molecule has 1 aliphatic heterocycles. The zero-order valence-electron chi connectivity index (χ0n) is 12.8. The number of carbonyl (C=O) groups is 1. The Kier molecular flexibility index (Phi) is 5.72. The largest absolute Gasteiger partial charge is 0.493 e. The zero-order valence-corrected chi connectivity index (χ0v) is 13.6. The van der Waals surface area contributed by atoms with Crippen LogP contribution in [0, 0.1) is 5.41 Å². The number of hydrogen-bond donors (Lipinski definition) is 1. The molecule has 0 aromatic heterocycles. The number of benzene rings is 1. The van der Waals surface area contributed by atoms with Crippen LogP contribution in [0.5, 0.6) is 11.5 Å². The summed E-state index contributed by atoms with van der Waals surface area (Å²) in [4.78, 5) is 11.5. The van der Waals surface area contributed by atoms with Gasteiger partial charge in [0.15, 0.2) is 11.5 Å². The molecule has 0 spiro atoms. The maximum Gasteiger partial charge on any atom is 0.407 e. The number of hydrogen-bond acceptors (Lipinski definition) is 4. The number of rotatable bonds is 4. The van der Waals surface area contributed by atoms with Crippen LogP contribution in [0.15, 0.2) is 18.2 Å². The molecule has 0 saturated carbocycles. The minimum atomic E-state index is -0.387. The summed E-state index contributed by atoms with van der Waals surface area (Å²) in [5, 5.41) is 2.87. The van der Waals surface area contributed by atoms with Crippen molar-refractivity contribution in [2.24, 2.45) is 5.41 Å². The molecule has 1 saturated heterocycles. The second kappa shape index (κ2) is 6.89. The van der Waals surface area contributed by atoms with E-state index in [1.165, 1.54) is 0 Å². The van der Waals surface area contributed by atoms with Crippen molar-refractivity contribution < 1.29 is 19.0 Å². The number of carbonyl (C=O) groups excluding carboxylic acids is 1. The summed E-state index contributed by atoms with van der Waals surface area (Å²) in [6.07, 6.45) is -0.387. The molecule has 0 aliphatic carbocycles. The fourth-order valence-electron chi connectivity index (χ4n) is 2.36. The standard InChI is InChI=1S/C15H21NO4.ClH/c1-5-19-11-7-6-10(8-12(11)18-4)13-15(2,3)9-20-14(17)16-13;/h6-8,13H,5,9H2,1-4H3,(H,16,17);1H/t13-;/m0./s1. The van der Waals surface area contributed by atoms with E-state index < -0.39 is 0 Å². The van der Waals surface area contributed by atoms with Crippen LogP contribution in [0.3, 0.4) is 0 Å². The Hall–Kier alpha value is -1.62. The molecule has 5 nitrogen and oxygen atoms in total. The average molecular weight is 316 g/mol. The first-order chi connectivity index (χ1) is 9.47. The SMILES string of the molecule is CCOc1ccc([C@@H]2NC(=O)OCC2(C)C)cc1OC.Cl. The van der Waals surface area contributed by atoms with Crippen LogP contribution in [0.4, 0.5) is 4.79 Å². The molecule has 0 radical (unpaired) electrons. The molecule has 1 N–H and O–H groups in total. The molecule has 1 aromatic carbocycles. The van der Waals surface area contributed by atoms with Crippen molar-refractivity contribution in [3.8, 4) is 11.5 Å². The third kappa shape index (κ3) is 3.73. The quantitative estimate of drug-likeness (QED) is 0.926. The summed E-state index contributed by atoms with van der Waals surface area (Å²) in [6.45, 7) is 7.00. The zero-order chi connectivity index (χ0) is 14.8. The topological polar surface area (TPSA) is 56.8 Å². The van der Waals surface area contributed by atoms with Gasteiger partial charge >= 0.3 is 6.09 Å². The maximum atomic E-state index is 11.5. The van der Waals surface area contributed by atoms with Gasteiger partial charge in [-0.2, -0.15) is 0 Å². The van der Waals surface area contributed by atoms with E-state index in [9.17, 15) is 4.79 Å². The Labute approximate surface area is 131 Å². The van der Waals surface area contributed by atoms with E-state index in [4.69, 9.17) is 14.2 Å². The molecule has 118 valence electrons. The Balaban J connectivity index is 0.00000220. The lowest BCUT2D eigenvalue weighted by atomic mass is 9.80. The predicted molar refractivity (Wildman–Crippen MR) is 82.4 cm³/mol. The number of alkyl carbamates (subject to hydrolysis) is 1. The summed E-state index contributed by atoms with van der Waals surface area (Å²) in [6, 6.07) is 5.61. The smallest absolute Gasteiger partial charge is 0.407 e. The summed E-state index contributed by atoms with van der Waals surface area (Å²) in [5.74, 6) is 1.37. The average Bonchev–Trinajstić information content (AvgIpc) is 2.42. The number of cyclic esters (lactones) is 1. The van der Waals surface area contributed by atoms with Crippen molar-refractivity contribution in [3.05, 3.63) is 23.8 Å². The van der Waals surface area contributed by atoms with Crippen LogP contribution in [-0.2, 0) is 4.74 Å². The van der Waals surface area contributed by atoms with E-state index in [1.807, 2.05) is 25.1 Å². The van der Waals surface area contributed by atoms with Crippen molar-refractivity contribution in [1.29, 1.82) is 0 Å². The summed E-state index contributed by atoms with van der Waals surface area (Å²) in [7, 11) is 1.61. The molecule has 0 unspecified atom stereocenters. The predicted octanol–water partition coefficient (Wildman–Crippen LogP) is 3.32. The lowest BCUT2D eigenvalue weighted by molar-refractivity contribution is 0.0386. The molecule has 2 rings (SSSR count). The Morgan fingerprint density at radius 2 is 2.10 bits per heavy atom. The summed E-state index contributed by atoms with van der Waals surface area (Å²) >= 11 is 0. The molecule has 1 aliphatic rings. The highest BCUT2D eigenvalue weighted by atomic mass is 35.5. The summed E-state index contributed by atoms with van der Waals surface area (Å²) < 4.78 is 15.9. The lowest BCUT2D eigenvalue weighted by Crippen LogP contribution is -2.46. The fourth-order valence-corrected chi connectivity index (χ4v) is 2.36. The van der Waals surface area contributed by atoms with Crippen molar-refractivity contribution in [2.75, 3.05) is 20.3 Å². The molecule has 1 amide bonds. The molecule has 1 heterocycles. The molecular formula is C15H22ClNO4. The molecule has 21 heavy (non-hydrogen) atoms. The van der Waals surface area contributed by atoms with E-state index in [-0.39, 0.29) is 30.0 Å². The van der Waals surface area contributed by atoms with Crippen LogP contribution in [0.1, 0.15) is 32.4 Å². The molecule has 1 aromatic rings. The Morgan fingerprint density at radius 3 is 2.71 bits per heavy atom. The van der Waals surface area contributed by atoms with Crippen LogP contribution >= 0.6 is 12.4 Å². The van der Waals surface area contributed by atoms with Crippen molar-refractivity contribution in [1.82, 2.24) is 5.32 Å². The molecular weight excluding hydrogens is 294 g/mol. The van der Waals surface area contributed by atoms with Gasteiger partial charge in [-0.25, -0.2) is 4.79 Å². The lowest BCUT2D eigenvalue weighted by Gasteiger charge is -2.38. The van der Waals surface area contributed by atoms with Crippen molar-refractivity contribution in [2.45, 2.75) is 26.8 Å². The van der Waals surface area contributed by atoms with Gasteiger partial charge in [0.2, 0.25) is 0 Å². The van der Waals surface area contributed by atoms with Gasteiger partial charge in [0.25, 0.3) is 0 Å². The van der Waals surface area contributed by atoms with Crippen LogP contribution in [-0.4, -0.2) is 26.4 Å². The maximum absolute atomic E-state index is 11.5. The molecule has 0 bridgehead atoms. The Morgan fingerprint density at radius 1 is 1.38 bits per heavy atom. The van der Waals surface area contributed by atoms with Gasteiger partial charge in [0.05, 0.1) is 19.8 Å². The molecule has 1 fully saturated rings. The first-order valence-electron chi connectivity index (χ1n) is 6.72. The highest BCUT2D eigenvalue weighted by molar-refractivity contribution is 5.85. The third-order valence-electron chi connectivity index (χ3n) is 3.44. The summed E-state index contributed by atoms with van der Waals surface area (Å²) in [5.41, 5.74) is 0.790. The van der Waals surface area contributed by atoms with Gasteiger partial charge in [-0.3, -0.25) is 0 Å². The first kappa shape index (κ1) is 17.4. The minimum absolute atomic E-state index is 0. The van der Waals surface area contributed by atoms with Crippen LogP contribution in [0.2, 0.25) is 0 Å². The van der Waals surface area contributed by atoms with Gasteiger partial charge in [-0.15, -0.1) is 12.4 Å². The van der Waals surface area contributed by atoms with Gasteiger partial charge < -0.3 is 19.5 Å². The fraction of sp³-hybridized carbons (Fsp3) is 0.533. The van der Waals surface area contributed by atoms with Crippen molar-refractivity contribution >= 4 is 18.5 Å². The van der Waals surface area contributed by atoms with E-state index >= 15 is 0 Å². The van der Waals surface area contributed by atoms with Gasteiger partial charge in [-0.1, -0.05) is 19.9 Å². The number of nitrogens with one attached hydrogen (secondary N) is 1. The Bertz CT molecular complexity index is 504. The molecule has 6 heteroatoms. The number of ether oxygens (including phenoxy) is 3.